The van der Waals surface area contributed by atoms with Crippen LogP contribution in [0, 0.1) is 5.82 Å². The minimum absolute atomic E-state index is 0.0305. The van der Waals surface area contributed by atoms with Crippen LogP contribution >= 0.6 is 11.6 Å². The molecular weight excluding hydrogens is 383 g/mol. The van der Waals surface area contributed by atoms with Gasteiger partial charge in [0.25, 0.3) is 5.91 Å². The molecule has 2 aromatic carbocycles. The van der Waals surface area contributed by atoms with E-state index in [9.17, 15) is 18.8 Å². The van der Waals surface area contributed by atoms with Crippen molar-refractivity contribution in [2.45, 2.75) is 31.7 Å². The molecule has 1 saturated heterocycles. The summed E-state index contributed by atoms with van der Waals surface area (Å²) in [5.41, 5.74) is 1.69. The zero-order chi connectivity index (χ0) is 20.1. The molecule has 1 N–H and O–H groups in total. The van der Waals surface area contributed by atoms with Crippen LogP contribution in [-0.4, -0.2) is 29.2 Å². The van der Waals surface area contributed by atoms with Crippen LogP contribution in [0.15, 0.2) is 36.4 Å². The van der Waals surface area contributed by atoms with Crippen LogP contribution in [0.4, 0.5) is 9.18 Å². The van der Waals surface area contributed by atoms with Gasteiger partial charge in [0.1, 0.15) is 11.4 Å². The molecule has 2 aliphatic rings. The minimum Gasteiger partial charge on any atom is -0.319 e. The molecule has 1 heterocycles. The number of fused-ring (bicyclic) bond motifs is 1. The van der Waals surface area contributed by atoms with Crippen LogP contribution in [0.25, 0.3) is 0 Å². The third-order valence-electron chi connectivity index (χ3n) is 5.47. The predicted molar refractivity (Wildman–Crippen MR) is 102 cm³/mol. The highest BCUT2D eigenvalue weighted by molar-refractivity contribution is 6.32. The molecule has 144 valence electrons. The van der Waals surface area contributed by atoms with Crippen LogP contribution in [-0.2, 0) is 23.2 Å². The van der Waals surface area contributed by atoms with E-state index in [1.807, 2.05) is 12.1 Å². The van der Waals surface area contributed by atoms with E-state index in [1.165, 1.54) is 24.6 Å². The highest BCUT2D eigenvalue weighted by Crippen LogP contribution is 2.34. The molecule has 4 rings (SSSR count). The zero-order valence-electron chi connectivity index (χ0n) is 15.2. The number of imide groups is 1. The average molecular weight is 401 g/mol. The first kappa shape index (κ1) is 18.6. The summed E-state index contributed by atoms with van der Waals surface area (Å²) >= 11 is 6.09. The van der Waals surface area contributed by atoms with E-state index in [1.54, 1.807) is 6.07 Å². The SMILES string of the molecule is CC1(c2ccc(F)cc2Cl)NC(=O)N(CC(=O)c2ccc3c(c2)CCC3)C1=O. The number of nitrogens with one attached hydrogen (secondary N) is 1. The number of carbonyl (C=O) groups excluding carboxylic acids is 3. The van der Waals surface area contributed by atoms with Crippen LogP contribution in [0.3, 0.4) is 0 Å². The summed E-state index contributed by atoms with van der Waals surface area (Å²) in [5.74, 6) is -1.45. The number of carbonyl (C=O) groups is 3. The molecule has 5 nitrogen and oxygen atoms in total. The number of urea groups is 1. The molecule has 0 saturated carbocycles. The highest BCUT2D eigenvalue weighted by atomic mass is 35.5. The first-order valence-corrected chi connectivity index (χ1v) is 9.42. The highest BCUT2D eigenvalue weighted by Gasteiger charge is 2.50. The van der Waals surface area contributed by atoms with Gasteiger partial charge >= 0.3 is 6.03 Å². The molecule has 1 aliphatic heterocycles. The lowest BCUT2D eigenvalue weighted by molar-refractivity contribution is -0.130. The van der Waals surface area contributed by atoms with E-state index in [0.29, 0.717) is 5.56 Å². The van der Waals surface area contributed by atoms with Gasteiger partial charge in [0.15, 0.2) is 5.78 Å². The van der Waals surface area contributed by atoms with E-state index in [4.69, 9.17) is 11.6 Å². The summed E-state index contributed by atoms with van der Waals surface area (Å²) in [6.45, 7) is 1.13. The number of halogens is 2. The van der Waals surface area contributed by atoms with Crippen LogP contribution in [0.2, 0.25) is 5.02 Å². The monoisotopic (exact) mass is 400 g/mol. The van der Waals surface area contributed by atoms with Gasteiger partial charge in [-0.15, -0.1) is 0 Å². The summed E-state index contributed by atoms with van der Waals surface area (Å²) in [4.78, 5) is 39.0. The Morgan fingerprint density at radius 2 is 1.93 bits per heavy atom. The predicted octanol–water partition coefficient (Wildman–Crippen LogP) is 3.62. The normalized spacial score (nSPS) is 21.0. The van der Waals surface area contributed by atoms with Crippen LogP contribution in [0.1, 0.15) is 40.4 Å². The number of benzene rings is 2. The maximum Gasteiger partial charge on any atom is 0.325 e. The third kappa shape index (κ3) is 2.98. The summed E-state index contributed by atoms with van der Waals surface area (Å²) < 4.78 is 13.4. The van der Waals surface area contributed by atoms with Gasteiger partial charge in [0.2, 0.25) is 0 Å². The van der Waals surface area contributed by atoms with E-state index in [2.05, 4.69) is 5.32 Å². The van der Waals surface area contributed by atoms with Crippen molar-refractivity contribution in [1.82, 2.24) is 10.2 Å². The van der Waals surface area contributed by atoms with Crippen molar-refractivity contribution in [1.29, 1.82) is 0 Å². The summed E-state index contributed by atoms with van der Waals surface area (Å²) in [6.07, 6.45) is 3.01. The van der Waals surface area contributed by atoms with Crippen molar-refractivity contribution in [3.8, 4) is 0 Å². The van der Waals surface area contributed by atoms with Crippen molar-refractivity contribution in [3.63, 3.8) is 0 Å². The Balaban J connectivity index is 1.58. The maximum absolute atomic E-state index is 13.4. The molecule has 3 amide bonds. The number of aryl methyl sites for hydroxylation is 2. The Morgan fingerprint density at radius 1 is 1.18 bits per heavy atom. The largest absolute Gasteiger partial charge is 0.325 e. The Labute approximate surface area is 166 Å². The number of Topliss-reactive ketones (excluding diaryl/α,β-unsaturated/α-hetero) is 1. The lowest BCUT2D eigenvalue weighted by atomic mass is 9.92. The van der Waals surface area contributed by atoms with Crippen molar-refractivity contribution < 1.29 is 18.8 Å². The second-order valence-corrected chi connectivity index (χ2v) is 7.74. The molecule has 1 fully saturated rings. The minimum atomic E-state index is -1.46. The number of hydrogen-bond donors (Lipinski definition) is 1. The Hall–Kier alpha value is -2.73. The fraction of sp³-hybridized carbons (Fsp3) is 0.286. The first-order chi connectivity index (χ1) is 13.3. The second kappa shape index (κ2) is 6.71. The van der Waals surface area contributed by atoms with E-state index >= 15 is 0 Å². The maximum atomic E-state index is 13.4. The molecule has 1 aliphatic carbocycles. The summed E-state index contributed by atoms with van der Waals surface area (Å²) in [7, 11) is 0. The lowest BCUT2D eigenvalue weighted by Crippen LogP contribution is -2.41. The molecule has 0 radical (unpaired) electrons. The van der Waals surface area contributed by atoms with E-state index in [-0.39, 0.29) is 22.9 Å². The Morgan fingerprint density at radius 3 is 2.68 bits per heavy atom. The standard InChI is InChI=1S/C21H18ClFN2O3/c1-21(16-8-7-15(23)10-17(16)22)19(27)25(20(28)24-21)11-18(26)14-6-5-12-3-2-4-13(12)9-14/h5-10H,2-4,11H2,1H3,(H,24,28). The molecule has 0 spiro atoms. The van der Waals surface area contributed by atoms with Crippen molar-refractivity contribution in [2.75, 3.05) is 6.54 Å². The number of hydrogen-bond acceptors (Lipinski definition) is 3. The van der Waals surface area contributed by atoms with Crippen molar-refractivity contribution >= 4 is 29.3 Å². The molecule has 1 unspecified atom stereocenters. The molecule has 0 bridgehead atoms. The molecule has 1 atom stereocenters. The third-order valence-corrected chi connectivity index (χ3v) is 5.78. The summed E-state index contributed by atoms with van der Waals surface area (Å²) in [6, 6.07) is 8.46. The van der Waals surface area contributed by atoms with Gasteiger partial charge in [-0.05, 0) is 55.5 Å². The summed E-state index contributed by atoms with van der Waals surface area (Å²) in [5, 5.41) is 2.61. The quantitative estimate of drug-likeness (QED) is 0.629. The molecule has 7 heteroatoms. The van der Waals surface area contributed by atoms with Gasteiger partial charge < -0.3 is 5.32 Å². The van der Waals surface area contributed by atoms with E-state index in [0.717, 1.165) is 35.8 Å². The number of nitrogens with zero attached hydrogens (tertiary/aromatic N) is 1. The lowest BCUT2D eigenvalue weighted by Gasteiger charge is -2.23. The van der Waals surface area contributed by atoms with Gasteiger partial charge in [-0.3, -0.25) is 14.5 Å². The molecule has 0 aromatic heterocycles. The first-order valence-electron chi connectivity index (χ1n) is 9.04. The average Bonchev–Trinajstić information content (AvgIpc) is 3.19. The Bertz CT molecular complexity index is 1020. The molecule has 28 heavy (non-hydrogen) atoms. The molecular formula is C21H18ClFN2O3. The van der Waals surface area contributed by atoms with Gasteiger partial charge in [-0.2, -0.15) is 0 Å². The fourth-order valence-electron chi connectivity index (χ4n) is 3.90. The number of ketones is 1. The van der Waals surface area contributed by atoms with E-state index < -0.39 is 23.3 Å². The zero-order valence-corrected chi connectivity index (χ0v) is 16.0. The van der Waals surface area contributed by atoms with Crippen LogP contribution in [0.5, 0.6) is 0 Å². The Kier molecular flexibility index (Phi) is 4.46. The fourth-order valence-corrected chi connectivity index (χ4v) is 4.25. The van der Waals surface area contributed by atoms with Crippen molar-refractivity contribution in [3.05, 3.63) is 69.5 Å². The second-order valence-electron chi connectivity index (χ2n) is 7.33. The van der Waals surface area contributed by atoms with Crippen LogP contribution < -0.4 is 5.32 Å². The van der Waals surface area contributed by atoms with Crippen molar-refractivity contribution in [2.24, 2.45) is 0 Å². The van der Waals surface area contributed by atoms with Gasteiger partial charge in [0.05, 0.1) is 6.54 Å². The number of amides is 3. The number of rotatable bonds is 4. The molecule has 2 aromatic rings. The van der Waals surface area contributed by atoms with Gasteiger partial charge in [-0.25, -0.2) is 9.18 Å². The van der Waals surface area contributed by atoms with Gasteiger partial charge in [0, 0.05) is 16.1 Å². The van der Waals surface area contributed by atoms with Gasteiger partial charge in [-0.1, -0.05) is 29.8 Å². The topological polar surface area (TPSA) is 66.5 Å². The smallest absolute Gasteiger partial charge is 0.319 e.